The van der Waals surface area contributed by atoms with Gasteiger partial charge < -0.3 is 19.5 Å². The van der Waals surface area contributed by atoms with Crippen LogP contribution in [0, 0.1) is 18.2 Å². The number of alkyl halides is 2. The lowest BCUT2D eigenvalue weighted by molar-refractivity contribution is -0.143. The molecule has 2 atom stereocenters. The maximum absolute atomic E-state index is 15.2. The van der Waals surface area contributed by atoms with Crippen LogP contribution < -0.4 is 14.8 Å². The summed E-state index contributed by atoms with van der Waals surface area (Å²) in [6, 6.07) is 7.80. The molecule has 3 aromatic rings. The fourth-order valence-electron chi connectivity index (χ4n) is 4.65. The van der Waals surface area contributed by atoms with Gasteiger partial charge in [0.2, 0.25) is 0 Å². The highest BCUT2D eigenvalue weighted by atomic mass is 19.3. The van der Waals surface area contributed by atoms with E-state index in [2.05, 4.69) is 15.3 Å². The van der Waals surface area contributed by atoms with Crippen LogP contribution in [0.5, 0.6) is 11.5 Å². The maximum Gasteiger partial charge on any atom is 0.256 e. The number of halogens is 3. The number of aryl methyl sites for hydroxylation is 1. The molecule has 3 aliphatic rings. The third-order valence-electron chi connectivity index (χ3n) is 6.84. The molecule has 1 saturated heterocycles. The van der Waals surface area contributed by atoms with Gasteiger partial charge in [0.1, 0.15) is 30.7 Å². The Hall–Kier alpha value is -3.07. The summed E-state index contributed by atoms with van der Waals surface area (Å²) < 4.78 is 59.8. The molecule has 0 amide bonds. The normalized spacial score (nSPS) is 22.7. The number of rotatable bonds is 4. The summed E-state index contributed by atoms with van der Waals surface area (Å²) in [5.74, 6) is -2.25. The van der Waals surface area contributed by atoms with Gasteiger partial charge in [-0.3, -0.25) is 0 Å². The zero-order valence-corrected chi connectivity index (χ0v) is 18.8. The Bertz CT molecular complexity index is 1300. The van der Waals surface area contributed by atoms with Crippen molar-refractivity contribution in [1.29, 1.82) is 0 Å². The number of hydrogen-bond donors (Lipinski definition) is 1. The fraction of sp³-hybridized carbons (Fsp3) is 0.440. The number of nitrogens with one attached hydrogen (secondary N) is 1. The molecule has 1 N–H and O–H groups in total. The number of anilines is 1. The molecule has 2 aromatic carbocycles. The number of benzene rings is 2. The summed E-state index contributed by atoms with van der Waals surface area (Å²) in [5.41, 5.74) is 0.899. The average molecular weight is 471 g/mol. The first-order valence-electron chi connectivity index (χ1n) is 11.3. The quantitative estimate of drug-likeness (QED) is 0.567. The molecule has 1 aliphatic carbocycles. The Kier molecular flexibility index (Phi) is 4.71. The number of nitrogens with zero attached hydrogens (tertiary/aromatic N) is 2. The highest BCUT2D eigenvalue weighted by Crippen LogP contribution is 2.56. The molecular weight excluding hydrogens is 447 g/mol. The van der Waals surface area contributed by atoms with Crippen molar-refractivity contribution in [3.63, 3.8) is 0 Å². The first kappa shape index (κ1) is 21.5. The highest BCUT2D eigenvalue weighted by Gasteiger charge is 2.58. The molecule has 1 saturated carbocycles. The lowest BCUT2D eigenvalue weighted by Crippen LogP contribution is -2.50. The third-order valence-corrected chi connectivity index (χ3v) is 6.84. The molecule has 0 radical (unpaired) electrons. The third kappa shape index (κ3) is 3.53. The largest absolute Gasteiger partial charge is 0.489 e. The number of aromatic nitrogens is 2. The van der Waals surface area contributed by atoms with Crippen LogP contribution in [0.4, 0.5) is 19.0 Å². The average Bonchev–Trinajstić information content (AvgIpc) is 3.45. The highest BCUT2D eigenvalue weighted by molar-refractivity contribution is 5.92. The van der Waals surface area contributed by atoms with E-state index in [4.69, 9.17) is 14.2 Å². The van der Waals surface area contributed by atoms with Gasteiger partial charge in [0.25, 0.3) is 5.92 Å². The molecule has 0 bridgehead atoms. The molecular formula is C25H24F3N3O3. The molecule has 1 spiro atoms. The van der Waals surface area contributed by atoms with E-state index in [-0.39, 0.29) is 17.4 Å². The Balaban J connectivity index is 1.33. The van der Waals surface area contributed by atoms with E-state index in [1.165, 1.54) is 6.07 Å². The van der Waals surface area contributed by atoms with Gasteiger partial charge >= 0.3 is 0 Å². The van der Waals surface area contributed by atoms with Crippen molar-refractivity contribution in [3.8, 4) is 11.5 Å². The Morgan fingerprint density at radius 2 is 1.76 bits per heavy atom. The molecule has 1 unspecified atom stereocenters. The number of fused-ring (bicyclic) bond motifs is 2. The van der Waals surface area contributed by atoms with Gasteiger partial charge in [0.05, 0.1) is 36.1 Å². The SMILES string of the molecule is Cc1nc(N[C@H](C)c2cccc(C3CC3(F)F)c2F)c2cc3c(cc2n1)OCC1(COC1)CO3. The van der Waals surface area contributed by atoms with E-state index in [0.29, 0.717) is 66.0 Å². The van der Waals surface area contributed by atoms with Crippen LogP contribution in [0.2, 0.25) is 0 Å². The predicted octanol–water partition coefficient (Wildman–Crippen LogP) is 5.16. The van der Waals surface area contributed by atoms with Crippen LogP contribution in [0.25, 0.3) is 10.9 Å². The van der Waals surface area contributed by atoms with Gasteiger partial charge in [-0.1, -0.05) is 18.2 Å². The molecule has 9 heteroatoms. The zero-order valence-electron chi connectivity index (χ0n) is 18.8. The topological polar surface area (TPSA) is 65.5 Å². The summed E-state index contributed by atoms with van der Waals surface area (Å²) in [4.78, 5) is 9.07. The van der Waals surface area contributed by atoms with Crippen molar-refractivity contribution >= 4 is 16.7 Å². The second kappa shape index (κ2) is 7.46. The van der Waals surface area contributed by atoms with Gasteiger partial charge in [-0.05, 0) is 25.5 Å². The minimum Gasteiger partial charge on any atom is -0.489 e. The minimum absolute atomic E-state index is 0.0599. The molecule has 1 aromatic heterocycles. The van der Waals surface area contributed by atoms with E-state index in [9.17, 15) is 8.78 Å². The van der Waals surface area contributed by atoms with Crippen LogP contribution >= 0.6 is 0 Å². The lowest BCUT2D eigenvalue weighted by Gasteiger charge is -2.38. The van der Waals surface area contributed by atoms with Gasteiger partial charge in [-0.15, -0.1) is 0 Å². The molecule has 34 heavy (non-hydrogen) atoms. The molecule has 2 fully saturated rings. The standard InChI is InChI=1S/C25H24F3N3O3/c1-13(15-4-3-5-16(22(15)26)18-8-25(18,27)28)29-23-17-6-20-21(7-19(17)30-14(2)31-23)34-12-24(11-33-20)9-32-10-24/h3-7,13,18H,8-12H2,1-2H3,(H,29,30,31)/t13-,18?/m1/s1. The number of hydrogen-bond acceptors (Lipinski definition) is 6. The predicted molar refractivity (Wildman–Crippen MR) is 119 cm³/mol. The van der Waals surface area contributed by atoms with Crippen molar-refractivity contribution in [2.24, 2.45) is 5.41 Å². The van der Waals surface area contributed by atoms with E-state index in [1.807, 2.05) is 12.1 Å². The zero-order chi connectivity index (χ0) is 23.7. The summed E-state index contributed by atoms with van der Waals surface area (Å²) in [6.07, 6.45) is -0.314. The smallest absolute Gasteiger partial charge is 0.256 e. The molecule has 3 heterocycles. The first-order valence-corrected chi connectivity index (χ1v) is 11.3. The van der Waals surface area contributed by atoms with E-state index >= 15 is 4.39 Å². The minimum atomic E-state index is -2.83. The van der Waals surface area contributed by atoms with Gasteiger partial charge in [0, 0.05) is 23.4 Å². The van der Waals surface area contributed by atoms with Crippen LogP contribution in [-0.4, -0.2) is 42.3 Å². The summed E-state index contributed by atoms with van der Waals surface area (Å²) in [6.45, 7) is 5.74. The Morgan fingerprint density at radius 1 is 1.06 bits per heavy atom. The summed E-state index contributed by atoms with van der Waals surface area (Å²) in [7, 11) is 0. The maximum atomic E-state index is 15.2. The summed E-state index contributed by atoms with van der Waals surface area (Å²) in [5, 5.41) is 3.96. The van der Waals surface area contributed by atoms with Gasteiger partial charge in [-0.2, -0.15) is 0 Å². The summed E-state index contributed by atoms with van der Waals surface area (Å²) >= 11 is 0. The monoisotopic (exact) mass is 471 g/mol. The molecule has 6 rings (SSSR count). The van der Waals surface area contributed by atoms with Crippen molar-refractivity contribution in [2.75, 3.05) is 31.7 Å². The second-order valence-electron chi connectivity index (χ2n) is 9.64. The Labute approximate surface area is 194 Å². The van der Waals surface area contributed by atoms with Crippen molar-refractivity contribution < 1.29 is 27.4 Å². The van der Waals surface area contributed by atoms with Crippen LogP contribution in [0.15, 0.2) is 30.3 Å². The Morgan fingerprint density at radius 3 is 2.41 bits per heavy atom. The lowest BCUT2D eigenvalue weighted by atomic mass is 9.88. The van der Waals surface area contributed by atoms with Crippen LogP contribution in [-0.2, 0) is 4.74 Å². The second-order valence-corrected chi connectivity index (χ2v) is 9.64. The van der Waals surface area contributed by atoms with Crippen LogP contribution in [0.3, 0.4) is 0 Å². The van der Waals surface area contributed by atoms with E-state index < -0.39 is 23.7 Å². The van der Waals surface area contributed by atoms with Crippen molar-refractivity contribution in [1.82, 2.24) is 9.97 Å². The van der Waals surface area contributed by atoms with Gasteiger partial charge in [-0.25, -0.2) is 23.1 Å². The number of ether oxygens (including phenoxy) is 3. The molecule has 6 nitrogen and oxygen atoms in total. The molecule has 2 aliphatic heterocycles. The fourth-order valence-corrected chi connectivity index (χ4v) is 4.65. The van der Waals surface area contributed by atoms with Crippen molar-refractivity contribution in [2.45, 2.75) is 38.2 Å². The van der Waals surface area contributed by atoms with Gasteiger partial charge in [0.15, 0.2) is 11.5 Å². The molecule has 178 valence electrons. The van der Waals surface area contributed by atoms with E-state index in [1.54, 1.807) is 26.0 Å². The van der Waals surface area contributed by atoms with Crippen LogP contribution in [0.1, 0.15) is 42.3 Å². The van der Waals surface area contributed by atoms with E-state index in [0.717, 1.165) is 0 Å². The first-order chi connectivity index (χ1) is 16.2. The van der Waals surface area contributed by atoms with Crippen molar-refractivity contribution in [3.05, 3.63) is 53.1 Å².